The van der Waals surface area contributed by atoms with Crippen LogP contribution in [0.4, 0.5) is 5.69 Å². The lowest BCUT2D eigenvalue weighted by Crippen LogP contribution is -2.46. The zero-order valence-corrected chi connectivity index (χ0v) is 23.2. The molecule has 2 aliphatic rings. The fraction of sp³-hybridized carbons (Fsp3) is 0.312. The van der Waals surface area contributed by atoms with E-state index in [1.54, 1.807) is 42.7 Å². The highest BCUT2D eigenvalue weighted by Gasteiger charge is 2.26. The molecule has 3 amide bonds. The molecule has 0 spiro atoms. The van der Waals surface area contributed by atoms with Crippen LogP contribution < -0.4 is 20.7 Å². The van der Waals surface area contributed by atoms with Gasteiger partial charge in [-0.15, -0.1) is 0 Å². The van der Waals surface area contributed by atoms with E-state index in [0.717, 1.165) is 42.8 Å². The lowest BCUT2D eigenvalue weighted by molar-refractivity contribution is 0.0695. The molecule has 0 unspecified atom stereocenters. The van der Waals surface area contributed by atoms with Gasteiger partial charge < -0.3 is 30.0 Å². The van der Waals surface area contributed by atoms with E-state index in [2.05, 4.69) is 15.2 Å². The summed E-state index contributed by atoms with van der Waals surface area (Å²) in [5, 5.41) is 3.87. The number of benzene rings is 2. The quantitative estimate of drug-likeness (QED) is 0.345. The van der Waals surface area contributed by atoms with Gasteiger partial charge in [-0.2, -0.15) is 0 Å². The first-order chi connectivity index (χ1) is 20.4. The van der Waals surface area contributed by atoms with Gasteiger partial charge in [0, 0.05) is 79.7 Å². The summed E-state index contributed by atoms with van der Waals surface area (Å²) < 4.78 is 12.1. The second kappa shape index (κ2) is 11.9. The van der Waals surface area contributed by atoms with E-state index in [1.165, 1.54) is 0 Å². The second-order valence-corrected chi connectivity index (χ2v) is 10.8. The minimum absolute atomic E-state index is 0.0144. The molecule has 42 heavy (non-hydrogen) atoms. The van der Waals surface area contributed by atoms with Crippen molar-refractivity contribution in [1.82, 2.24) is 15.2 Å². The molecule has 0 radical (unpaired) electrons. The minimum Gasteiger partial charge on any atom is -0.490 e. The van der Waals surface area contributed by atoms with Gasteiger partial charge in [0.1, 0.15) is 17.4 Å². The van der Waals surface area contributed by atoms with Crippen LogP contribution in [0, 0.1) is 0 Å². The third-order valence-corrected chi connectivity index (χ3v) is 8.02. The fourth-order valence-electron chi connectivity index (χ4n) is 5.63. The van der Waals surface area contributed by atoms with E-state index in [9.17, 15) is 14.4 Å². The highest BCUT2D eigenvalue weighted by atomic mass is 16.5. The maximum Gasteiger partial charge on any atom is 0.287 e. The molecule has 6 rings (SSSR count). The molecule has 0 saturated carbocycles. The van der Waals surface area contributed by atoms with E-state index in [0.29, 0.717) is 42.6 Å². The Hall–Kier alpha value is -4.86. The number of hydrogen-bond donors (Lipinski definition) is 2. The zero-order valence-electron chi connectivity index (χ0n) is 23.2. The van der Waals surface area contributed by atoms with Gasteiger partial charge in [0.15, 0.2) is 5.76 Å². The summed E-state index contributed by atoms with van der Waals surface area (Å²) in [6.07, 6.45) is 6.39. The van der Waals surface area contributed by atoms with Crippen LogP contribution >= 0.6 is 0 Å². The number of nitrogens with two attached hydrogens (primary N) is 1. The van der Waals surface area contributed by atoms with Crippen molar-refractivity contribution in [3.8, 4) is 5.75 Å². The van der Waals surface area contributed by atoms with Crippen molar-refractivity contribution in [2.24, 2.45) is 5.73 Å². The number of hydrogen-bond acceptors (Lipinski definition) is 7. The van der Waals surface area contributed by atoms with Gasteiger partial charge in [-0.3, -0.25) is 19.4 Å². The van der Waals surface area contributed by atoms with Crippen molar-refractivity contribution in [3.63, 3.8) is 0 Å². The molecular weight excluding hydrogens is 534 g/mol. The molecule has 3 N–H and O–H groups in total. The summed E-state index contributed by atoms with van der Waals surface area (Å²) in [7, 11) is 0. The van der Waals surface area contributed by atoms with Crippen LogP contribution in [0.2, 0.25) is 0 Å². The van der Waals surface area contributed by atoms with Gasteiger partial charge >= 0.3 is 0 Å². The number of carbonyl (C=O) groups excluding carboxylic acids is 3. The SMILES string of the molecule is NC(=O)c1ccc(N2CCC(Oc3ccc4oc(C(=O)NC5CCN(C(=O)c6ccncc6)CC5)cc4c3)CC2)cc1. The Kier molecular flexibility index (Phi) is 7.76. The average Bonchev–Trinajstić information content (AvgIpc) is 3.46. The summed E-state index contributed by atoms with van der Waals surface area (Å²) in [6, 6.07) is 18.1. The monoisotopic (exact) mass is 567 g/mol. The predicted molar refractivity (Wildman–Crippen MR) is 158 cm³/mol. The number of rotatable bonds is 7. The number of aromatic nitrogens is 1. The van der Waals surface area contributed by atoms with Crippen LogP contribution in [-0.4, -0.2) is 65.9 Å². The molecule has 2 aliphatic heterocycles. The van der Waals surface area contributed by atoms with Crippen molar-refractivity contribution in [1.29, 1.82) is 0 Å². The summed E-state index contributed by atoms with van der Waals surface area (Å²) >= 11 is 0. The van der Waals surface area contributed by atoms with Crippen molar-refractivity contribution < 1.29 is 23.5 Å². The third kappa shape index (κ3) is 6.07. The number of pyridine rings is 1. The summed E-state index contributed by atoms with van der Waals surface area (Å²) in [5.41, 5.74) is 8.16. The maximum atomic E-state index is 13.0. The average molecular weight is 568 g/mol. The van der Waals surface area contributed by atoms with Gasteiger partial charge in [-0.05, 0) is 73.5 Å². The van der Waals surface area contributed by atoms with Gasteiger partial charge in [-0.1, -0.05) is 0 Å². The molecule has 0 aliphatic carbocycles. The fourth-order valence-corrected chi connectivity index (χ4v) is 5.63. The van der Waals surface area contributed by atoms with Crippen LogP contribution in [0.5, 0.6) is 5.75 Å². The standard InChI is InChI=1S/C32H33N5O5/c33-30(38)21-1-3-25(4-2-21)36-17-11-26(12-18-36)41-27-5-6-28-23(19-27)20-29(42-28)31(39)35-24-9-15-37(16-10-24)32(40)22-7-13-34-14-8-22/h1-8,13-14,19-20,24,26H,9-12,15-18H2,(H2,33,38)(H,35,39). The van der Waals surface area contributed by atoms with Crippen molar-refractivity contribution in [3.05, 3.63) is 89.9 Å². The van der Waals surface area contributed by atoms with Gasteiger partial charge in [0.05, 0.1) is 0 Å². The smallest absolute Gasteiger partial charge is 0.287 e. The number of nitrogens with one attached hydrogen (secondary N) is 1. The predicted octanol–water partition coefficient (Wildman–Crippen LogP) is 4.01. The maximum absolute atomic E-state index is 13.0. The van der Waals surface area contributed by atoms with Crippen molar-refractivity contribution in [2.45, 2.75) is 37.8 Å². The van der Waals surface area contributed by atoms with Gasteiger partial charge in [0.25, 0.3) is 11.8 Å². The largest absolute Gasteiger partial charge is 0.490 e. The molecule has 2 saturated heterocycles. The summed E-state index contributed by atoms with van der Waals surface area (Å²) in [4.78, 5) is 45.0. The Bertz CT molecular complexity index is 1570. The molecule has 2 aromatic heterocycles. The first-order valence-corrected chi connectivity index (χ1v) is 14.3. The van der Waals surface area contributed by atoms with Crippen LogP contribution in [0.25, 0.3) is 11.0 Å². The number of primary amides is 1. The van der Waals surface area contributed by atoms with Gasteiger partial charge in [-0.25, -0.2) is 0 Å². The lowest BCUT2D eigenvalue weighted by atomic mass is 10.0. The Balaban J connectivity index is 1.00. The first-order valence-electron chi connectivity index (χ1n) is 14.3. The molecule has 4 aromatic rings. The summed E-state index contributed by atoms with van der Waals surface area (Å²) in [5.74, 6) is 0.297. The van der Waals surface area contributed by atoms with E-state index >= 15 is 0 Å². The first kappa shape index (κ1) is 27.3. The Morgan fingerprint density at radius 3 is 2.26 bits per heavy atom. The number of furan rings is 1. The van der Waals surface area contributed by atoms with E-state index < -0.39 is 5.91 Å². The number of nitrogens with zero attached hydrogens (tertiary/aromatic N) is 3. The van der Waals surface area contributed by atoms with E-state index in [4.69, 9.17) is 14.9 Å². The zero-order chi connectivity index (χ0) is 29.1. The van der Waals surface area contributed by atoms with Crippen LogP contribution in [-0.2, 0) is 0 Å². The number of anilines is 1. The molecule has 4 heterocycles. The highest BCUT2D eigenvalue weighted by Crippen LogP contribution is 2.28. The highest BCUT2D eigenvalue weighted by molar-refractivity contribution is 5.97. The molecule has 10 heteroatoms. The number of carbonyl (C=O) groups is 3. The molecule has 216 valence electrons. The number of ether oxygens (including phenoxy) is 1. The second-order valence-electron chi connectivity index (χ2n) is 10.8. The minimum atomic E-state index is -0.427. The number of amides is 3. The molecular formula is C32H33N5O5. The van der Waals surface area contributed by atoms with Crippen molar-refractivity contribution in [2.75, 3.05) is 31.1 Å². The van der Waals surface area contributed by atoms with E-state index in [1.807, 2.05) is 35.2 Å². The van der Waals surface area contributed by atoms with Crippen LogP contribution in [0.1, 0.15) is 57.0 Å². The molecule has 0 atom stereocenters. The topological polar surface area (TPSA) is 131 Å². The number of fused-ring (bicyclic) bond motifs is 1. The Morgan fingerprint density at radius 2 is 1.57 bits per heavy atom. The number of likely N-dealkylation sites (tertiary alicyclic amines) is 1. The molecule has 0 bridgehead atoms. The molecule has 2 fully saturated rings. The lowest BCUT2D eigenvalue weighted by Gasteiger charge is -2.33. The van der Waals surface area contributed by atoms with E-state index in [-0.39, 0.29) is 29.7 Å². The van der Waals surface area contributed by atoms with Gasteiger partial charge in [0.2, 0.25) is 5.91 Å². The Morgan fingerprint density at radius 1 is 0.857 bits per heavy atom. The third-order valence-electron chi connectivity index (χ3n) is 8.02. The normalized spacial score (nSPS) is 16.4. The molecule has 2 aromatic carbocycles. The number of piperidine rings is 2. The van der Waals surface area contributed by atoms with Crippen LogP contribution in [0.3, 0.4) is 0 Å². The van der Waals surface area contributed by atoms with Crippen molar-refractivity contribution >= 4 is 34.4 Å². The summed E-state index contributed by atoms with van der Waals surface area (Å²) in [6.45, 7) is 2.84. The van der Waals surface area contributed by atoms with Crippen LogP contribution in [0.15, 0.2) is 77.5 Å². The molecule has 10 nitrogen and oxygen atoms in total. The Labute approximate surface area is 243 Å².